The van der Waals surface area contributed by atoms with Crippen LogP contribution in [-0.4, -0.2) is 24.5 Å². The van der Waals surface area contributed by atoms with Crippen LogP contribution in [0, 0.1) is 11.7 Å². The summed E-state index contributed by atoms with van der Waals surface area (Å²) < 4.78 is 14.4. The Labute approximate surface area is 145 Å². The summed E-state index contributed by atoms with van der Waals surface area (Å²) in [7, 11) is 0. The van der Waals surface area contributed by atoms with Crippen LogP contribution in [-0.2, 0) is 0 Å². The van der Waals surface area contributed by atoms with Gasteiger partial charge in [-0.2, -0.15) is 0 Å². The van der Waals surface area contributed by atoms with Crippen molar-refractivity contribution in [3.8, 4) is 0 Å². The zero-order valence-electron chi connectivity index (χ0n) is 14.8. The molecule has 0 unspecified atom stereocenters. The van der Waals surface area contributed by atoms with Gasteiger partial charge in [-0.05, 0) is 62.2 Å². The molecular formula is C20H32FN3. The first-order chi connectivity index (χ1) is 11.6. The fourth-order valence-electron chi connectivity index (χ4n) is 4.45. The number of piperidine rings is 1. The Hall–Kier alpha value is -1.29. The maximum Gasteiger partial charge on any atom is 0.151 e. The van der Waals surface area contributed by atoms with Crippen LogP contribution in [0.5, 0.6) is 0 Å². The van der Waals surface area contributed by atoms with Crippen molar-refractivity contribution < 1.29 is 4.39 Å². The van der Waals surface area contributed by atoms with E-state index in [1.54, 1.807) is 6.07 Å². The monoisotopic (exact) mass is 333 g/mol. The van der Waals surface area contributed by atoms with E-state index in [0.29, 0.717) is 5.69 Å². The van der Waals surface area contributed by atoms with E-state index in [-0.39, 0.29) is 17.4 Å². The predicted molar refractivity (Wildman–Crippen MR) is 99.4 cm³/mol. The average Bonchev–Trinajstić information content (AvgIpc) is 2.56. The van der Waals surface area contributed by atoms with Crippen molar-refractivity contribution >= 4 is 11.4 Å². The highest BCUT2D eigenvalue weighted by atomic mass is 19.1. The lowest BCUT2D eigenvalue weighted by Crippen LogP contribution is -2.37. The lowest BCUT2D eigenvalue weighted by molar-refractivity contribution is 0.168. The van der Waals surface area contributed by atoms with Crippen LogP contribution in [0.15, 0.2) is 12.1 Å². The maximum absolute atomic E-state index is 14.4. The first-order valence-electron chi connectivity index (χ1n) is 9.71. The van der Waals surface area contributed by atoms with Gasteiger partial charge in [-0.25, -0.2) is 4.39 Å². The molecule has 0 aromatic heterocycles. The molecule has 24 heavy (non-hydrogen) atoms. The Morgan fingerprint density at radius 3 is 2.21 bits per heavy atom. The van der Waals surface area contributed by atoms with Crippen LogP contribution < -0.4 is 11.5 Å². The molecule has 1 aliphatic heterocycles. The molecule has 0 bridgehead atoms. The molecule has 1 saturated carbocycles. The SMILES string of the molecule is Nc1ccc(C2CCN(CC3CCCCCCC3)CC2)c(F)c1N. The third-order valence-electron chi connectivity index (χ3n) is 6.01. The van der Waals surface area contributed by atoms with Crippen molar-refractivity contribution in [1.29, 1.82) is 0 Å². The fraction of sp³-hybridized carbons (Fsp3) is 0.700. The molecule has 0 atom stereocenters. The molecule has 2 aliphatic rings. The molecule has 1 aromatic carbocycles. The minimum atomic E-state index is -0.298. The van der Waals surface area contributed by atoms with E-state index in [0.717, 1.165) is 37.4 Å². The number of likely N-dealkylation sites (tertiary alicyclic amines) is 1. The molecule has 134 valence electrons. The average molecular weight is 333 g/mol. The van der Waals surface area contributed by atoms with Crippen LogP contribution in [0.1, 0.15) is 69.3 Å². The zero-order chi connectivity index (χ0) is 16.9. The third-order valence-corrected chi connectivity index (χ3v) is 6.01. The number of nitrogens with zero attached hydrogens (tertiary/aromatic N) is 1. The van der Waals surface area contributed by atoms with E-state index in [2.05, 4.69) is 4.90 Å². The molecule has 4 N–H and O–H groups in total. The van der Waals surface area contributed by atoms with Gasteiger partial charge in [0.1, 0.15) is 0 Å². The van der Waals surface area contributed by atoms with Gasteiger partial charge in [0, 0.05) is 6.54 Å². The molecule has 3 rings (SSSR count). The quantitative estimate of drug-likeness (QED) is 0.799. The zero-order valence-corrected chi connectivity index (χ0v) is 14.8. The molecule has 3 nitrogen and oxygen atoms in total. The largest absolute Gasteiger partial charge is 0.397 e. The smallest absolute Gasteiger partial charge is 0.151 e. The standard InChI is InChI=1S/C20H32FN3/c21-19-17(8-9-18(22)20(19)23)16-10-12-24(13-11-16)14-15-6-4-2-1-3-5-7-15/h8-9,15-16H,1-7,10-14,22-23H2. The van der Waals surface area contributed by atoms with Crippen molar-refractivity contribution in [1.82, 2.24) is 4.90 Å². The second-order valence-corrected chi connectivity index (χ2v) is 7.76. The lowest BCUT2D eigenvalue weighted by atomic mass is 9.87. The van der Waals surface area contributed by atoms with Gasteiger partial charge in [0.05, 0.1) is 11.4 Å². The Kier molecular flexibility index (Phi) is 5.99. The predicted octanol–water partition coefficient (Wildman–Crippen LogP) is 4.53. The molecule has 4 heteroatoms. The van der Waals surface area contributed by atoms with Crippen LogP contribution in [0.25, 0.3) is 0 Å². The second-order valence-electron chi connectivity index (χ2n) is 7.76. The minimum Gasteiger partial charge on any atom is -0.397 e. The molecule has 2 fully saturated rings. The van der Waals surface area contributed by atoms with Crippen molar-refractivity contribution in [2.75, 3.05) is 31.1 Å². The maximum atomic E-state index is 14.4. The number of rotatable bonds is 3. The summed E-state index contributed by atoms with van der Waals surface area (Å²) in [6, 6.07) is 3.57. The van der Waals surface area contributed by atoms with Gasteiger partial charge in [0.15, 0.2) is 5.82 Å². The molecule has 1 heterocycles. The van der Waals surface area contributed by atoms with E-state index in [4.69, 9.17) is 11.5 Å². The number of hydrogen-bond donors (Lipinski definition) is 2. The normalized spacial score (nSPS) is 22.2. The number of halogens is 1. The van der Waals surface area contributed by atoms with Crippen LogP contribution in [0.2, 0.25) is 0 Å². The van der Waals surface area contributed by atoms with Crippen LogP contribution in [0.4, 0.5) is 15.8 Å². The van der Waals surface area contributed by atoms with Crippen LogP contribution >= 0.6 is 0 Å². The molecule has 1 aliphatic carbocycles. The van der Waals surface area contributed by atoms with Gasteiger partial charge < -0.3 is 16.4 Å². The molecule has 1 saturated heterocycles. The van der Waals surface area contributed by atoms with Crippen molar-refractivity contribution in [3.05, 3.63) is 23.5 Å². The Balaban J connectivity index is 1.53. The highest BCUT2D eigenvalue weighted by Crippen LogP contribution is 2.34. The topological polar surface area (TPSA) is 55.3 Å². The Morgan fingerprint density at radius 2 is 1.54 bits per heavy atom. The summed E-state index contributed by atoms with van der Waals surface area (Å²) in [6.07, 6.45) is 11.9. The first kappa shape index (κ1) is 17.5. The highest BCUT2D eigenvalue weighted by molar-refractivity contribution is 5.65. The van der Waals surface area contributed by atoms with Gasteiger partial charge in [0.25, 0.3) is 0 Å². The highest BCUT2D eigenvalue weighted by Gasteiger charge is 2.25. The first-order valence-corrected chi connectivity index (χ1v) is 9.71. The minimum absolute atomic E-state index is 0.115. The van der Waals surface area contributed by atoms with Gasteiger partial charge in [-0.15, -0.1) is 0 Å². The molecule has 0 spiro atoms. The van der Waals surface area contributed by atoms with E-state index in [1.807, 2.05) is 6.07 Å². The van der Waals surface area contributed by atoms with Crippen molar-refractivity contribution in [2.24, 2.45) is 5.92 Å². The number of hydrogen-bond acceptors (Lipinski definition) is 3. The second kappa shape index (κ2) is 8.19. The molecular weight excluding hydrogens is 301 g/mol. The summed E-state index contributed by atoms with van der Waals surface area (Å²) in [6.45, 7) is 3.38. The van der Waals surface area contributed by atoms with Gasteiger partial charge >= 0.3 is 0 Å². The van der Waals surface area contributed by atoms with E-state index in [1.165, 1.54) is 51.5 Å². The molecule has 0 radical (unpaired) electrons. The van der Waals surface area contributed by atoms with Gasteiger partial charge in [-0.1, -0.05) is 38.2 Å². The van der Waals surface area contributed by atoms with Crippen molar-refractivity contribution in [3.63, 3.8) is 0 Å². The summed E-state index contributed by atoms with van der Waals surface area (Å²) in [5.41, 5.74) is 12.7. The van der Waals surface area contributed by atoms with E-state index in [9.17, 15) is 4.39 Å². The van der Waals surface area contributed by atoms with Crippen molar-refractivity contribution in [2.45, 2.75) is 63.7 Å². The van der Waals surface area contributed by atoms with Gasteiger partial charge in [0.2, 0.25) is 0 Å². The molecule has 1 aromatic rings. The lowest BCUT2D eigenvalue weighted by Gasteiger charge is -2.35. The van der Waals surface area contributed by atoms with E-state index >= 15 is 0 Å². The number of benzene rings is 1. The van der Waals surface area contributed by atoms with Gasteiger partial charge in [-0.3, -0.25) is 0 Å². The van der Waals surface area contributed by atoms with E-state index < -0.39 is 0 Å². The summed E-state index contributed by atoms with van der Waals surface area (Å²) in [5.74, 6) is 0.848. The Bertz CT molecular complexity index is 530. The summed E-state index contributed by atoms with van der Waals surface area (Å²) in [5, 5.41) is 0. The summed E-state index contributed by atoms with van der Waals surface area (Å²) in [4.78, 5) is 2.60. The number of nitrogen functional groups attached to an aromatic ring is 2. The molecule has 0 amide bonds. The fourth-order valence-corrected chi connectivity index (χ4v) is 4.45. The number of nitrogens with two attached hydrogens (primary N) is 2. The Morgan fingerprint density at radius 1 is 0.917 bits per heavy atom. The number of anilines is 2. The summed E-state index contributed by atoms with van der Waals surface area (Å²) >= 11 is 0. The van der Waals surface area contributed by atoms with Crippen LogP contribution in [0.3, 0.4) is 0 Å². The third kappa shape index (κ3) is 4.21.